The molecule has 5 nitrogen and oxygen atoms in total. The van der Waals surface area contributed by atoms with Gasteiger partial charge in [-0.3, -0.25) is 0 Å². The van der Waals surface area contributed by atoms with Crippen molar-refractivity contribution in [1.29, 1.82) is 0 Å². The standard InChI is InChI=1S/C15H23N3O2S/c1-20-10-7-16-12-13-2-4-14(5-3-13)21-11-9-18-8-6-17-15(18)19/h2-5,16H,6-12H2,1H3,(H,17,19). The summed E-state index contributed by atoms with van der Waals surface area (Å²) < 4.78 is 4.99. The molecule has 0 atom stereocenters. The lowest BCUT2D eigenvalue weighted by Gasteiger charge is -2.13. The van der Waals surface area contributed by atoms with Crippen molar-refractivity contribution in [2.24, 2.45) is 0 Å². The van der Waals surface area contributed by atoms with Crippen molar-refractivity contribution in [1.82, 2.24) is 15.5 Å². The monoisotopic (exact) mass is 309 g/mol. The smallest absolute Gasteiger partial charge is 0.317 e. The highest BCUT2D eigenvalue weighted by atomic mass is 32.2. The van der Waals surface area contributed by atoms with Crippen molar-refractivity contribution >= 4 is 17.8 Å². The van der Waals surface area contributed by atoms with E-state index in [2.05, 4.69) is 34.9 Å². The van der Waals surface area contributed by atoms with Crippen LogP contribution in [-0.4, -0.2) is 56.6 Å². The molecule has 0 aliphatic carbocycles. The first-order valence-corrected chi connectivity index (χ1v) is 8.22. The molecule has 21 heavy (non-hydrogen) atoms. The molecule has 0 unspecified atom stereocenters. The van der Waals surface area contributed by atoms with Crippen molar-refractivity contribution in [3.05, 3.63) is 29.8 Å². The van der Waals surface area contributed by atoms with E-state index in [1.54, 1.807) is 18.9 Å². The van der Waals surface area contributed by atoms with Gasteiger partial charge in [0.25, 0.3) is 0 Å². The van der Waals surface area contributed by atoms with Crippen LogP contribution in [0, 0.1) is 0 Å². The Morgan fingerprint density at radius 1 is 1.38 bits per heavy atom. The number of methoxy groups -OCH3 is 1. The molecule has 2 amide bonds. The summed E-state index contributed by atoms with van der Waals surface area (Å²) >= 11 is 1.79. The van der Waals surface area contributed by atoms with E-state index in [-0.39, 0.29) is 6.03 Å². The van der Waals surface area contributed by atoms with Crippen LogP contribution in [0.3, 0.4) is 0 Å². The molecule has 1 aromatic rings. The van der Waals surface area contributed by atoms with Crippen LogP contribution >= 0.6 is 11.8 Å². The molecule has 0 saturated carbocycles. The van der Waals surface area contributed by atoms with Gasteiger partial charge in [0.2, 0.25) is 0 Å². The van der Waals surface area contributed by atoms with Gasteiger partial charge >= 0.3 is 6.03 Å². The summed E-state index contributed by atoms with van der Waals surface area (Å²) in [4.78, 5) is 14.5. The molecule has 0 radical (unpaired) electrons. The Morgan fingerprint density at radius 2 is 2.19 bits per heavy atom. The van der Waals surface area contributed by atoms with Gasteiger partial charge in [-0.1, -0.05) is 12.1 Å². The van der Waals surface area contributed by atoms with E-state index in [9.17, 15) is 4.79 Å². The second kappa shape index (κ2) is 8.92. The summed E-state index contributed by atoms with van der Waals surface area (Å²) in [6.07, 6.45) is 0. The number of carbonyl (C=O) groups is 1. The van der Waals surface area contributed by atoms with E-state index in [1.807, 2.05) is 4.90 Å². The van der Waals surface area contributed by atoms with Crippen LogP contribution < -0.4 is 10.6 Å². The summed E-state index contributed by atoms with van der Waals surface area (Å²) in [6.45, 7) is 4.86. The minimum Gasteiger partial charge on any atom is -0.383 e. The van der Waals surface area contributed by atoms with Crippen LogP contribution in [0.25, 0.3) is 0 Å². The molecular formula is C15H23N3O2S. The summed E-state index contributed by atoms with van der Waals surface area (Å²) in [6, 6.07) is 8.63. The number of urea groups is 1. The lowest BCUT2D eigenvalue weighted by atomic mass is 10.2. The Bertz CT molecular complexity index is 439. The van der Waals surface area contributed by atoms with Gasteiger partial charge in [-0.25, -0.2) is 4.79 Å². The van der Waals surface area contributed by atoms with E-state index in [4.69, 9.17) is 4.74 Å². The van der Waals surface area contributed by atoms with Crippen LogP contribution in [0.15, 0.2) is 29.2 Å². The van der Waals surface area contributed by atoms with Crippen LogP contribution in [-0.2, 0) is 11.3 Å². The Labute approximate surface area is 130 Å². The zero-order valence-electron chi connectivity index (χ0n) is 12.4. The predicted octanol–water partition coefficient (Wildman–Crippen LogP) is 1.54. The zero-order valence-corrected chi connectivity index (χ0v) is 13.2. The molecule has 116 valence electrons. The highest BCUT2D eigenvalue weighted by molar-refractivity contribution is 7.99. The maximum Gasteiger partial charge on any atom is 0.317 e. The third-order valence-electron chi connectivity index (χ3n) is 3.31. The van der Waals surface area contributed by atoms with Gasteiger partial charge in [0, 0.05) is 50.5 Å². The average Bonchev–Trinajstić information content (AvgIpc) is 2.91. The predicted molar refractivity (Wildman–Crippen MR) is 85.7 cm³/mol. The van der Waals surface area contributed by atoms with Gasteiger partial charge in [-0.15, -0.1) is 11.8 Å². The number of amides is 2. The van der Waals surface area contributed by atoms with Crippen molar-refractivity contribution in [2.45, 2.75) is 11.4 Å². The maximum absolute atomic E-state index is 11.4. The molecule has 1 heterocycles. The fourth-order valence-corrected chi connectivity index (χ4v) is 2.98. The number of benzene rings is 1. The average molecular weight is 309 g/mol. The van der Waals surface area contributed by atoms with Gasteiger partial charge in [0.05, 0.1) is 6.61 Å². The third-order valence-corrected chi connectivity index (χ3v) is 4.30. The van der Waals surface area contributed by atoms with Gasteiger partial charge < -0.3 is 20.3 Å². The summed E-state index contributed by atoms with van der Waals surface area (Å²) in [5, 5.41) is 6.14. The van der Waals surface area contributed by atoms with Crippen molar-refractivity contribution in [2.75, 3.05) is 45.6 Å². The summed E-state index contributed by atoms with van der Waals surface area (Å²) in [5.74, 6) is 0.929. The second-order valence-electron chi connectivity index (χ2n) is 4.88. The van der Waals surface area contributed by atoms with Crippen LogP contribution in [0.4, 0.5) is 4.79 Å². The molecular weight excluding hydrogens is 286 g/mol. The molecule has 0 spiro atoms. The number of carbonyl (C=O) groups excluding carboxylic acids is 1. The molecule has 6 heteroatoms. The molecule has 1 fully saturated rings. The molecule has 1 saturated heterocycles. The summed E-state index contributed by atoms with van der Waals surface area (Å²) in [7, 11) is 1.71. The highest BCUT2D eigenvalue weighted by Gasteiger charge is 2.18. The molecule has 1 aromatic carbocycles. The van der Waals surface area contributed by atoms with Crippen molar-refractivity contribution < 1.29 is 9.53 Å². The number of ether oxygens (including phenoxy) is 1. The molecule has 1 aliphatic heterocycles. The molecule has 2 N–H and O–H groups in total. The first-order chi connectivity index (χ1) is 10.3. The van der Waals surface area contributed by atoms with Gasteiger partial charge in [-0.2, -0.15) is 0 Å². The van der Waals surface area contributed by atoms with Gasteiger partial charge in [0.1, 0.15) is 0 Å². The normalized spacial score (nSPS) is 14.5. The first kappa shape index (κ1) is 16.1. The minimum absolute atomic E-state index is 0.0630. The van der Waals surface area contributed by atoms with Gasteiger partial charge in [-0.05, 0) is 17.7 Å². The van der Waals surface area contributed by atoms with E-state index in [1.165, 1.54) is 10.5 Å². The Balaban J connectivity index is 1.66. The molecule has 2 rings (SSSR count). The van der Waals surface area contributed by atoms with Crippen LogP contribution in [0.2, 0.25) is 0 Å². The molecule has 0 aromatic heterocycles. The first-order valence-electron chi connectivity index (χ1n) is 7.24. The number of nitrogens with zero attached hydrogens (tertiary/aromatic N) is 1. The fraction of sp³-hybridized carbons (Fsp3) is 0.533. The zero-order chi connectivity index (χ0) is 14.9. The summed E-state index contributed by atoms with van der Waals surface area (Å²) in [5.41, 5.74) is 1.27. The van der Waals surface area contributed by atoms with E-state index in [0.29, 0.717) is 0 Å². The highest BCUT2D eigenvalue weighted by Crippen LogP contribution is 2.18. The minimum atomic E-state index is 0.0630. The van der Waals surface area contributed by atoms with Crippen LogP contribution in [0.1, 0.15) is 5.56 Å². The van der Waals surface area contributed by atoms with E-state index < -0.39 is 0 Å². The molecule has 0 bridgehead atoms. The quantitative estimate of drug-likeness (QED) is 0.537. The lowest BCUT2D eigenvalue weighted by Crippen LogP contribution is -2.30. The van der Waals surface area contributed by atoms with E-state index in [0.717, 1.165) is 45.1 Å². The number of thioether (sulfide) groups is 1. The lowest BCUT2D eigenvalue weighted by molar-refractivity contribution is 0.199. The largest absolute Gasteiger partial charge is 0.383 e. The van der Waals surface area contributed by atoms with Gasteiger partial charge in [0.15, 0.2) is 0 Å². The Kier molecular flexibility index (Phi) is 6.85. The number of hydrogen-bond acceptors (Lipinski definition) is 4. The maximum atomic E-state index is 11.4. The molecule has 1 aliphatic rings. The number of rotatable bonds is 9. The Morgan fingerprint density at radius 3 is 2.86 bits per heavy atom. The second-order valence-corrected chi connectivity index (χ2v) is 6.05. The van der Waals surface area contributed by atoms with Crippen LogP contribution in [0.5, 0.6) is 0 Å². The SMILES string of the molecule is COCCNCc1ccc(SCCN2CCNC2=O)cc1. The van der Waals surface area contributed by atoms with Crippen molar-refractivity contribution in [3.63, 3.8) is 0 Å². The topological polar surface area (TPSA) is 53.6 Å². The van der Waals surface area contributed by atoms with Crippen molar-refractivity contribution in [3.8, 4) is 0 Å². The third kappa shape index (κ3) is 5.57. The number of nitrogens with one attached hydrogen (secondary N) is 2. The Hall–Kier alpha value is -1.24. The number of hydrogen-bond donors (Lipinski definition) is 2. The fourth-order valence-electron chi connectivity index (χ4n) is 2.11. The van der Waals surface area contributed by atoms with E-state index >= 15 is 0 Å².